The zero-order valence-electron chi connectivity index (χ0n) is 12.8. The van der Waals surface area contributed by atoms with Crippen molar-refractivity contribution in [3.8, 4) is 0 Å². The Labute approximate surface area is 118 Å². The normalized spacial score (nSPS) is 40.3. The molecule has 3 nitrogen and oxygen atoms in total. The molecule has 3 fully saturated rings. The molecule has 2 aliphatic heterocycles. The first-order valence-corrected chi connectivity index (χ1v) is 8.28. The summed E-state index contributed by atoms with van der Waals surface area (Å²) in [5.74, 6) is 0. The molecule has 0 aromatic heterocycles. The molecule has 0 amide bonds. The van der Waals surface area contributed by atoms with Crippen LogP contribution in [0.2, 0.25) is 0 Å². The minimum absolute atomic E-state index is 0.264. The first-order valence-electron chi connectivity index (χ1n) is 8.28. The summed E-state index contributed by atoms with van der Waals surface area (Å²) >= 11 is 0. The van der Waals surface area contributed by atoms with E-state index in [4.69, 9.17) is 5.73 Å². The lowest BCUT2D eigenvalue weighted by molar-refractivity contribution is -0.0733. The van der Waals surface area contributed by atoms with Crippen molar-refractivity contribution < 1.29 is 0 Å². The molecule has 110 valence electrons. The Kier molecular flexibility index (Phi) is 3.65. The second-order valence-corrected chi connectivity index (χ2v) is 7.60. The largest absolute Gasteiger partial charge is 0.329 e. The van der Waals surface area contributed by atoms with Gasteiger partial charge in [-0.25, -0.2) is 0 Å². The van der Waals surface area contributed by atoms with E-state index in [2.05, 4.69) is 23.6 Å². The summed E-state index contributed by atoms with van der Waals surface area (Å²) in [6.07, 6.45) is 8.21. The molecule has 0 bridgehead atoms. The summed E-state index contributed by atoms with van der Waals surface area (Å²) in [6.45, 7) is 10.9. The molecule has 1 aliphatic carbocycles. The molecule has 0 aromatic rings. The highest BCUT2D eigenvalue weighted by Gasteiger charge is 2.51. The van der Waals surface area contributed by atoms with Crippen LogP contribution in [0.3, 0.4) is 0 Å². The number of nitrogens with zero attached hydrogens (tertiary/aromatic N) is 2. The van der Waals surface area contributed by atoms with Crippen LogP contribution in [-0.2, 0) is 0 Å². The Balaban J connectivity index is 1.81. The molecule has 0 radical (unpaired) electrons. The molecule has 2 unspecified atom stereocenters. The van der Waals surface area contributed by atoms with E-state index < -0.39 is 0 Å². The number of piperazine rings is 1. The lowest BCUT2D eigenvalue weighted by atomic mass is 9.62. The maximum atomic E-state index is 6.33. The summed E-state index contributed by atoms with van der Waals surface area (Å²) in [5.41, 5.74) is 6.97. The van der Waals surface area contributed by atoms with Gasteiger partial charge in [-0.15, -0.1) is 0 Å². The highest BCUT2D eigenvalue weighted by atomic mass is 15.3. The fraction of sp³-hybridized carbons (Fsp3) is 1.00. The molecular weight excluding hydrogens is 234 g/mol. The number of hydrogen-bond acceptors (Lipinski definition) is 3. The lowest BCUT2D eigenvalue weighted by Crippen LogP contribution is -2.68. The van der Waals surface area contributed by atoms with E-state index in [1.54, 1.807) is 0 Å². The van der Waals surface area contributed by atoms with Crippen molar-refractivity contribution >= 4 is 0 Å². The van der Waals surface area contributed by atoms with Gasteiger partial charge in [0.05, 0.1) is 0 Å². The Morgan fingerprint density at radius 2 is 1.84 bits per heavy atom. The third-order valence-corrected chi connectivity index (χ3v) is 6.43. The van der Waals surface area contributed by atoms with Gasteiger partial charge in [0.1, 0.15) is 0 Å². The maximum Gasteiger partial charge on any atom is 0.0383 e. The van der Waals surface area contributed by atoms with E-state index in [-0.39, 0.29) is 5.54 Å². The molecule has 3 rings (SSSR count). The standard InChI is InChI=1S/C16H31N3/c1-15(2)7-3-4-8-16(15,13-17)19-11-10-18-9-5-6-14(18)12-19/h14H,3-13,17H2,1-2H3. The van der Waals surface area contributed by atoms with Crippen LogP contribution in [0.25, 0.3) is 0 Å². The number of hydrogen-bond donors (Lipinski definition) is 1. The van der Waals surface area contributed by atoms with Gasteiger partial charge in [0.15, 0.2) is 0 Å². The van der Waals surface area contributed by atoms with Gasteiger partial charge in [0.25, 0.3) is 0 Å². The van der Waals surface area contributed by atoms with Gasteiger partial charge in [-0.2, -0.15) is 0 Å². The van der Waals surface area contributed by atoms with Gasteiger partial charge in [-0.3, -0.25) is 9.80 Å². The van der Waals surface area contributed by atoms with Gasteiger partial charge >= 0.3 is 0 Å². The smallest absolute Gasteiger partial charge is 0.0383 e. The average Bonchev–Trinajstić information content (AvgIpc) is 2.86. The van der Waals surface area contributed by atoms with Crippen molar-refractivity contribution in [1.82, 2.24) is 9.80 Å². The minimum atomic E-state index is 0.264. The minimum Gasteiger partial charge on any atom is -0.329 e. The van der Waals surface area contributed by atoms with E-state index in [9.17, 15) is 0 Å². The average molecular weight is 265 g/mol. The predicted molar refractivity (Wildman–Crippen MR) is 80.2 cm³/mol. The second-order valence-electron chi connectivity index (χ2n) is 7.60. The van der Waals surface area contributed by atoms with Crippen LogP contribution >= 0.6 is 0 Å². The molecule has 1 saturated carbocycles. The van der Waals surface area contributed by atoms with Crippen molar-refractivity contribution in [3.63, 3.8) is 0 Å². The van der Waals surface area contributed by atoms with Gasteiger partial charge in [0.2, 0.25) is 0 Å². The highest BCUT2D eigenvalue weighted by molar-refractivity contribution is 5.07. The number of fused-ring (bicyclic) bond motifs is 1. The zero-order chi connectivity index (χ0) is 13.5. The molecule has 2 saturated heterocycles. The SMILES string of the molecule is CC1(C)CCCCC1(CN)N1CCN2CCCC2C1. The van der Waals surface area contributed by atoms with E-state index in [0.29, 0.717) is 5.41 Å². The first kappa shape index (κ1) is 13.8. The van der Waals surface area contributed by atoms with Crippen LogP contribution in [0.5, 0.6) is 0 Å². The van der Waals surface area contributed by atoms with Crippen molar-refractivity contribution in [1.29, 1.82) is 0 Å². The third kappa shape index (κ3) is 2.14. The monoisotopic (exact) mass is 265 g/mol. The van der Waals surface area contributed by atoms with Crippen LogP contribution in [0, 0.1) is 5.41 Å². The Morgan fingerprint density at radius 1 is 1.05 bits per heavy atom. The Hall–Kier alpha value is -0.120. The first-order chi connectivity index (χ1) is 9.09. The molecule has 3 heteroatoms. The third-order valence-electron chi connectivity index (χ3n) is 6.43. The van der Waals surface area contributed by atoms with Crippen molar-refractivity contribution in [2.75, 3.05) is 32.7 Å². The van der Waals surface area contributed by atoms with E-state index >= 15 is 0 Å². The Morgan fingerprint density at radius 3 is 2.58 bits per heavy atom. The quantitative estimate of drug-likeness (QED) is 0.829. The topological polar surface area (TPSA) is 32.5 Å². The van der Waals surface area contributed by atoms with Crippen molar-refractivity contribution in [3.05, 3.63) is 0 Å². The van der Waals surface area contributed by atoms with Gasteiger partial charge < -0.3 is 5.73 Å². The van der Waals surface area contributed by atoms with Crippen molar-refractivity contribution in [2.24, 2.45) is 11.1 Å². The molecule has 0 aromatic carbocycles. The van der Waals surface area contributed by atoms with Crippen LogP contribution in [0.4, 0.5) is 0 Å². The fourth-order valence-corrected chi connectivity index (χ4v) is 5.03. The molecule has 2 heterocycles. The molecule has 0 spiro atoms. The summed E-state index contributed by atoms with van der Waals surface area (Å²) in [6, 6.07) is 0.815. The van der Waals surface area contributed by atoms with Gasteiger partial charge in [0, 0.05) is 37.8 Å². The zero-order valence-corrected chi connectivity index (χ0v) is 12.8. The van der Waals surface area contributed by atoms with Crippen LogP contribution in [0.1, 0.15) is 52.4 Å². The summed E-state index contributed by atoms with van der Waals surface area (Å²) < 4.78 is 0. The van der Waals surface area contributed by atoms with Crippen LogP contribution in [-0.4, -0.2) is 54.1 Å². The second kappa shape index (κ2) is 5.01. The fourth-order valence-electron chi connectivity index (χ4n) is 5.03. The van der Waals surface area contributed by atoms with Crippen LogP contribution in [0.15, 0.2) is 0 Å². The van der Waals surface area contributed by atoms with Crippen LogP contribution < -0.4 is 5.73 Å². The van der Waals surface area contributed by atoms with Gasteiger partial charge in [-0.1, -0.05) is 26.7 Å². The highest BCUT2D eigenvalue weighted by Crippen LogP contribution is 2.47. The summed E-state index contributed by atoms with van der Waals surface area (Å²) in [7, 11) is 0. The lowest BCUT2D eigenvalue weighted by Gasteiger charge is -2.58. The predicted octanol–water partition coefficient (Wildman–Crippen LogP) is 2.06. The summed E-state index contributed by atoms with van der Waals surface area (Å²) in [5, 5.41) is 0. The summed E-state index contributed by atoms with van der Waals surface area (Å²) in [4.78, 5) is 5.50. The van der Waals surface area contributed by atoms with Gasteiger partial charge in [-0.05, 0) is 37.6 Å². The Bertz CT molecular complexity index is 328. The van der Waals surface area contributed by atoms with Crippen molar-refractivity contribution in [2.45, 2.75) is 64.0 Å². The number of nitrogens with two attached hydrogens (primary N) is 1. The molecule has 2 N–H and O–H groups in total. The maximum absolute atomic E-state index is 6.33. The van der Waals surface area contributed by atoms with E-state index in [1.165, 1.54) is 64.7 Å². The molecule has 3 aliphatic rings. The molecular formula is C16H31N3. The van der Waals surface area contributed by atoms with E-state index in [0.717, 1.165) is 12.6 Å². The van der Waals surface area contributed by atoms with E-state index in [1.807, 2.05) is 0 Å². The molecule has 19 heavy (non-hydrogen) atoms. The molecule has 2 atom stereocenters. The number of rotatable bonds is 2.